The molecule has 3 aromatic carbocycles. The summed E-state index contributed by atoms with van der Waals surface area (Å²) in [5.74, 6) is -0.881. The normalized spacial score (nSPS) is 10.4. The lowest BCUT2D eigenvalue weighted by molar-refractivity contribution is -0.112. The van der Waals surface area contributed by atoms with Gasteiger partial charge < -0.3 is 15.4 Å². The smallest absolute Gasteiger partial charge is 0.296 e. The van der Waals surface area contributed by atoms with Crippen molar-refractivity contribution in [2.24, 2.45) is 0 Å². The summed E-state index contributed by atoms with van der Waals surface area (Å²) in [7, 11) is 1.59. The standard InChI is InChI=1S/C24H20N2O4/c1-30-21-14-7-17(8-15-21)9-16-22(27)25-19-10-12-20(13-11-19)26-24(29)23(28)18-5-3-2-4-6-18/h2-16H,1H3,(H,25,27)(H,26,29)/b16-9+. The lowest BCUT2D eigenvalue weighted by atomic mass is 10.1. The fourth-order valence-electron chi connectivity index (χ4n) is 2.62. The van der Waals surface area contributed by atoms with Gasteiger partial charge in [-0.1, -0.05) is 42.5 Å². The Morgan fingerprint density at radius 3 is 1.97 bits per heavy atom. The van der Waals surface area contributed by atoms with Crippen LogP contribution in [0, 0.1) is 0 Å². The van der Waals surface area contributed by atoms with Gasteiger partial charge in [-0.25, -0.2) is 0 Å². The van der Waals surface area contributed by atoms with E-state index in [9.17, 15) is 14.4 Å². The predicted octanol–water partition coefficient (Wildman–Crippen LogP) is 4.17. The minimum atomic E-state index is -0.722. The van der Waals surface area contributed by atoms with Crippen molar-refractivity contribution in [2.75, 3.05) is 17.7 Å². The van der Waals surface area contributed by atoms with Gasteiger partial charge in [0.1, 0.15) is 5.75 Å². The third-order valence-electron chi connectivity index (χ3n) is 4.20. The first-order valence-electron chi connectivity index (χ1n) is 9.19. The Hall–Kier alpha value is -4.19. The summed E-state index contributed by atoms with van der Waals surface area (Å²) in [6, 6.07) is 22.1. The first-order chi connectivity index (χ1) is 14.5. The molecule has 0 saturated heterocycles. The molecule has 0 spiro atoms. The Kier molecular flexibility index (Phi) is 6.74. The van der Waals surface area contributed by atoms with E-state index in [1.54, 1.807) is 67.8 Å². The van der Waals surface area contributed by atoms with E-state index in [0.717, 1.165) is 11.3 Å². The number of carbonyl (C=O) groups is 3. The van der Waals surface area contributed by atoms with E-state index in [4.69, 9.17) is 4.74 Å². The highest BCUT2D eigenvalue weighted by molar-refractivity contribution is 6.46. The van der Waals surface area contributed by atoms with E-state index in [1.165, 1.54) is 6.08 Å². The van der Waals surface area contributed by atoms with Gasteiger partial charge in [-0.2, -0.15) is 0 Å². The molecule has 6 nitrogen and oxygen atoms in total. The van der Waals surface area contributed by atoms with Crippen molar-refractivity contribution in [3.8, 4) is 5.75 Å². The van der Waals surface area contributed by atoms with Crippen molar-refractivity contribution >= 4 is 35.0 Å². The number of ketones is 1. The van der Waals surface area contributed by atoms with Crippen molar-refractivity contribution in [1.29, 1.82) is 0 Å². The van der Waals surface area contributed by atoms with Crippen molar-refractivity contribution in [3.63, 3.8) is 0 Å². The molecule has 0 aliphatic rings. The van der Waals surface area contributed by atoms with Crippen molar-refractivity contribution in [1.82, 2.24) is 0 Å². The van der Waals surface area contributed by atoms with E-state index in [0.29, 0.717) is 16.9 Å². The molecule has 0 atom stereocenters. The molecule has 0 saturated carbocycles. The van der Waals surface area contributed by atoms with Gasteiger partial charge in [0.05, 0.1) is 7.11 Å². The number of hydrogen-bond donors (Lipinski definition) is 2. The van der Waals surface area contributed by atoms with Gasteiger partial charge in [-0.15, -0.1) is 0 Å². The van der Waals surface area contributed by atoms with Gasteiger partial charge in [-0.3, -0.25) is 14.4 Å². The quantitative estimate of drug-likeness (QED) is 0.354. The van der Waals surface area contributed by atoms with E-state index in [-0.39, 0.29) is 5.91 Å². The first kappa shape index (κ1) is 20.5. The van der Waals surface area contributed by atoms with Gasteiger partial charge in [0.2, 0.25) is 5.91 Å². The van der Waals surface area contributed by atoms with Crippen LogP contribution >= 0.6 is 0 Å². The average molecular weight is 400 g/mol. The minimum absolute atomic E-state index is 0.290. The van der Waals surface area contributed by atoms with Crippen LogP contribution in [0.25, 0.3) is 6.08 Å². The molecule has 0 aliphatic heterocycles. The van der Waals surface area contributed by atoms with Crippen LogP contribution in [0.1, 0.15) is 15.9 Å². The fourth-order valence-corrected chi connectivity index (χ4v) is 2.62. The number of nitrogens with one attached hydrogen (secondary N) is 2. The largest absolute Gasteiger partial charge is 0.497 e. The highest BCUT2D eigenvalue weighted by Gasteiger charge is 2.15. The monoisotopic (exact) mass is 400 g/mol. The van der Waals surface area contributed by atoms with Gasteiger partial charge in [-0.05, 0) is 48.0 Å². The molecule has 0 bridgehead atoms. The van der Waals surface area contributed by atoms with Crippen LogP contribution in [0.15, 0.2) is 84.9 Å². The van der Waals surface area contributed by atoms with Crippen molar-refractivity contribution < 1.29 is 19.1 Å². The van der Waals surface area contributed by atoms with Crippen LogP contribution in [0.5, 0.6) is 5.75 Å². The first-order valence-corrected chi connectivity index (χ1v) is 9.19. The van der Waals surface area contributed by atoms with Gasteiger partial charge in [0.25, 0.3) is 11.7 Å². The number of rotatable bonds is 7. The zero-order chi connectivity index (χ0) is 21.3. The van der Waals surface area contributed by atoms with Crippen LogP contribution in [-0.2, 0) is 9.59 Å². The third-order valence-corrected chi connectivity index (χ3v) is 4.20. The summed E-state index contributed by atoms with van der Waals surface area (Å²) in [5, 5.41) is 5.29. The summed E-state index contributed by atoms with van der Waals surface area (Å²) in [5.41, 5.74) is 2.21. The molecular weight excluding hydrogens is 380 g/mol. The van der Waals surface area contributed by atoms with Crippen LogP contribution in [0.2, 0.25) is 0 Å². The molecular formula is C24H20N2O4. The summed E-state index contributed by atoms with van der Waals surface area (Å²) in [6.07, 6.45) is 3.12. The van der Waals surface area contributed by atoms with Crippen LogP contribution in [0.4, 0.5) is 11.4 Å². The fraction of sp³-hybridized carbons (Fsp3) is 0.0417. The molecule has 0 heterocycles. The van der Waals surface area contributed by atoms with Crippen LogP contribution < -0.4 is 15.4 Å². The Bertz CT molecular complexity index is 1060. The minimum Gasteiger partial charge on any atom is -0.497 e. The zero-order valence-corrected chi connectivity index (χ0v) is 16.3. The lowest BCUT2D eigenvalue weighted by Crippen LogP contribution is -2.22. The summed E-state index contributed by atoms with van der Waals surface area (Å²) in [6.45, 7) is 0. The number of hydrogen-bond acceptors (Lipinski definition) is 4. The number of benzene rings is 3. The molecule has 0 aliphatic carbocycles. The summed E-state index contributed by atoms with van der Waals surface area (Å²) in [4.78, 5) is 36.3. The van der Waals surface area contributed by atoms with Crippen LogP contribution in [-0.4, -0.2) is 24.7 Å². The number of Topliss-reactive ketones (excluding diaryl/α,β-unsaturated/α-hetero) is 1. The SMILES string of the molecule is COc1ccc(/C=C/C(=O)Nc2ccc(NC(=O)C(=O)c3ccccc3)cc2)cc1. The molecule has 2 amide bonds. The Morgan fingerprint density at radius 2 is 1.37 bits per heavy atom. The van der Waals surface area contributed by atoms with Crippen molar-refractivity contribution in [3.05, 3.63) is 96.1 Å². The molecule has 30 heavy (non-hydrogen) atoms. The number of carbonyl (C=O) groups excluding carboxylic acids is 3. The van der Waals surface area contributed by atoms with E-state index >= 15 is 0 Å². The maximum Gasteiger partial charge on any atom is 0.296 e. The van der Waals surface area contributed by atoms with E-state index in [1.807, 2.05) is 24.3 Å². The van der Waals surface area contributed by atoms with E-state index in [2.05, 4.69) is 10.6 Å². The second-order valence-corrected chi connectivity index (χ2v) is 6.32. The van der Waals surface area contributed by atoms with Gasteiger partial charge in [0, 0.05) is 23.0 Å². The second kappa shape index (κ2) is 9.84. The molecule has 0 aromatic heterocycles. The Balaban J connectivity index is 1.54. The highest BCUT2D eigenvalue weighted by Crippen LogP contribution is 2.15. The third kappa shape index (κ3) is 5.65. The lowest BCUT2D eigenvalue weighted by Gasteiger charge is -2.07. The predicted molar refractivity (Wildman–Crippen MR) is 117 cm³/mol. The van der Waals surface area contributed by atoms with Crippen molar-refractivity contribution in [2.45, 2.75) is 0 Å². The molecule has 3 aromatic rings. The molecule has 2 N–H and O–H groups in total. The Labute approximate surface area is 174 Å². The van der Waals surface area contributed by atoms with Gasteiger partial charge >= 0.3 is 0 Å². The topological polar surface area (TPSA) is 84.5 Å². The number of methoxy groups -OCH3 is 1. The molecule has 3 rings (SSSR count). The number of anilines is 2. The van der Waals surface area contributed by atoms with Gasteiger partial charge in [0.15, 0.2) is 0 Å². The molecule has 0 radical (unpaired) electrons. The molecule has 150 valence electrons. The highest BCUT2D eigenvalue weighted by atomic mass is 16.5. The van der Waals surface area contributed by atoms with Crippen LogP contribution in [0.3, 0.4) is 0 Å². The summed E-state index contributed by atoms with van der Waals surface area (Å²) >= 11 is 0. The maximum atomic E-state index is 12.1. The van der Waals surface area contributed by atoms with E-state index < -0.39 is 11.7 Å². The number of ether oxygens (including phenoxy) is 1. The number of amides is 2. The second-order valence-electron chi connectivity index (χ2n) is 6.32. The average Bonchev–Trinajstić information content (AvgIpc) is 2.79. The Morgan fingerprint density at radius 1 is 0.767 bits per heavy atom. The molecule has 0 fully saturated rings. The zero-order valence-electron chi connectivity index (χ0n) is 16.3. The molecule has 6 heteroatoms. The molecule has 0 unspecified atom stereocenters. The maximum absolute atomic E-state index is 12.1. The summed E-state index contributed by atoms with van der Waals surface area (Å²) < 4.78 is 5.09.